The first kappa shape index (κ1) is 25.9. The molecule has 4 rings (SSSR count). The van der Waals surface area contributed by atoms with Crippen LogP contribution >= 0.6 is 23.2 Å². The summed E-state index contributed by atoms with van der Waals surface area (Å²) in [6.07, 6.45) is 4.05. The highest BCUT2D eigenvalue weighted by Crippen LogP contribution is 2.27. The highest BCUT2D eigenvalue weighted by molar-refractivity contribution is 6.42. The summed E-state index contributed by atoms with van der Waals surface area (Å²) in [5.74, 6) is -0.294. The number of aryl methyl sites for hydroxylation is 2. The van der Waals surface area contributed by atoms with Crippen LogP contribution in [0.15, 0.2) is 77.9 Å². The molecule has 4 nitrogen and oxygen atoms in total. The van der Waals surface area contributed by atoms with Gasteiger partial charge in [0.2, 0.25) is 5.91 Å². The van der Waals surface area contributed by atoms with E-state index in [0.717, 1.165) is 22.3 Å². The van der Waals surface area contributed by atoms with E-state index in [0.29, 0.717) is 27.6 Å². The Bertz CT molecular complexity index is 1290. The number of carbonyl (C=O) groups excluding carboxylic acids is 2. The molecule has 1 heterocycles. The van der Waals surface area contributed by atoms with Crippen LogP contribution in [-0.4, -0.2) is 35.7 Å². The summed E-state index contributed by atoms with van der Waals surface area (Å²) in [6.45, 7) is 4.45. The lowest BCUT2D eigenvalue weighted by Gasteiger charge is -2.32. The molecule has 1 fully saturated rings. The van der Waals surface area contributed by atoms with E-state index in [1.165, 1.54) is 5.56 Å². The normalized spacial score (nSPS) is 17.0. The van der Waals surface area contributed by atoms with Gasteiger partial charge in [0.15, 0.2) is 5.78 Å². The van der Waals surface area contributed by atoms with E-state index >= 15 is 0 Å². The summed E-state index contributed by atoms with van der Waals surface area (Å²) in [5, 5.41) is 0.839. The van der Waals surface area contributed by atoms with Gasteiger partial charge in [-0.3, -0.25) is 9.59 Å². The summed E-state index contributed by atoms with van der Waals surface area (Å²) in [6, 6.07) is 20.2. The van der Waals surface area contributed by atoms with Gasteiger partial charge in [0.05, 0.1) is 16.1 Å². The zero-order valence-electron chi connectivity index (χ0n) is 20.3. The Morgan fingerprint density at radius 3 is 2.11 bits per heavy atom. The van der Waals surface area contributed by atoms with E-state index in [1.54, 1.807) is 29.2 Å². The lowest BCUT2D eigenvalue weighted by molar-refractivity contribution is -0.132. The number of carbonyl (C=O) groups is 2. The molecule has 0 saturated carbocycles. The van der Waals surface area contributed by atoms with E-state index in [2.05, 4.69) is 0 Å². The molecule has 0 bridgehead atoms. The minimum atomic E-state index is -0.713. The molecule has 36 heavy (non-hydrogen) atoms. The summed E-state index contributed by atoms with van der Waals surface area (Å²) >= 11 is 12.3. The number of nitrogens with zero attached hydrogens (tertiary/aromatic N) is 1. The molecule has 0 spiro atoms. The first-order valence-electron chi connectivity index (χ1n) is 11.8. The van der Waals surface area contributed by atoms with Gasteiger partial charge in [-0.05, 0) is 72.4 Å². The summed E-state index contributed by atoms with van der Waals surface area (Å²) < 4.78 is 0. The number of rotatable bonds is 5. The minimum Gasteiger partial charge on any atom is -0.332 e. The van der Waals surface area contributed by atoms with Crippen LogP contribution in [0.1, 0.15) is 27.8 Å². The Kier molecular flexibility index (Phi) is 8.10. The maximum absolute atomic E-state index is 13.5. The molecule has 1 amide bonds. The second-order valence-electron chi connectivity index (χ2n) is 9.18. The topological polar surface area (TPSA) is 63.4 Å². The number of benzene rings is 3. The first-order chi connectivity index (χ1) is 17.2. The average Bonchev–Trinajstić information content (AvgIpc) is 2.86. The number of Topliss-reactive ketones (excluding diaryl/α,β-unsaturated/α-hetero) is 1. The van der Waals surface area contributed by atoms with Gasteiger partial charge in [0.25, 0.3) is 0 Å². The van der Waals surface area contributed by atoms with Gasteiger partial charge in [-0.2, -0.15) is 0 Å². The van der Waals surface area contributed by atoms with Crippen molar-refractivity contribution in [3.05, 3.63) is 116 Å². The van der Waals surface area contributed by atoms with Crippen molar-refractivity contribution in [2.75, 3.05) is 13.1 Å². The fourth-order valence-corrected chi connectivity index (χ4v) is 4.55. The highest BCUT2D eigenvalue weighted by atomic mass is 35.5. The van der Waals surface area contributed by atoms with E-state index in [-0.39, 0.29) is 24.8 Å². The van der Waals surface area contributed by atoms with E-state index < -0.39 is 6.04 Å². The van der Waals surface area contributed by atoms with Crippen molar-refractivity contribution in [1.29, 1.82) is 0 Å². The number of hydrogen-bond donors (Lipinski definition) is 1. The molecule has 0 aliphatic carbocycles. The molecule has 0 radical (unpaired) electrons. The van der Waals surface area contributed by atoms with Gasteiger partial charge in [0, 0.05) is 24.2 Å². The van der Waals surface area contributed by atoms with Crippen molar-refractivity contribution in [3.63, 3.8) is 0 Å². The molecule has 0 aromatic heterocycles. The van der Waals surface area contributed by atoms with E-state index in [9.17, 15) is 9.59 Å². The van der Waals surface area contributed by atoms with Crippen LogP contribution in [0.3, 0.4) is 0 Å². The van der Waals surface area contributed by atoms with E-state index in [1.807, 2.05) is 68.5 Å². The molecule has 3 aromatic rings. The Labute approximate surface area is 222 Å². The maximum Gasteiger partial charge on any atom is 0.240 e. The van der Waals surface area contributed by atoms with Crippen LogP contribution in [0, 0.1) is 13.8 Å². The van der Waals surface area contributed by atoms with Crippen molar-refractivity contribution in [2.45, 2.75) is 26.3 Å². The van der Waals surface area contributed by atoms with Gasteiger partial charge in [0.1, 0.15) is 0 Å². The smallest absolute Gasteiger partial charge is 0.240 e. The van der Waals surface area contributed by atoms with Crippen LogP contribution in [0.25, 0.3) is 12.2 Å². The molecule has 2 N–H and O–H groups in total. The zero-order chi connectivity index (χ0) is 25.8. The predicted molar refractivity (Wildman–Crippen MR) is 148 cm³/mol. The third-order valence-corrected chi connectivity index (χ3v) is 7.13. The second kappa shape index (κ2) is 11.3. The lowest BCUT2D eigenvalue weighted by Crippen LogP contribution is -2.49. The van der Waals surface area contributed by atoms with E-state index in [4.69, 9.17) is 28.9 Å². The number of piperidine rings is 1. The number of halogens is 2. The first-order valence-corrected chi connectivity index (χ1v) is 12.5. The van der Waals surface area contributed by atoms with Crippen LogP contribution in [0.4, 0.5) is 0 Å². The average molecular weight is 519 g/mol. The molecular weight excluding hydrogens is 491 g/mol. The quantitative estimate of drug-likeness (QED) is 0.417. The van der Waals surface area contributed by atoms with Crippen molar-refractivity contribution >= 4 is 47.0 Å². The maximum atomic E-state index is 13.5. The third-order valence-electron chi connectivity index (χ3n) is 6.39. The summed E-state index contributed by atoms with van der Waals surface area (Å²) in [7, 11) is 0. The second-order valence-corrected chi connectivity index (χ2v) is 9.99. The Balaban J connectivity index is 1.68. The third kappa shape index (κ3) is 6.14. The predicted octanol–water partition coefficient (Wildman–Crippen LogP) is 6.06. The number of nitrogens with two attached hydrogens (primary N) is 1. The van der Waals surface area contributed by atoms with Gasteiger partial charge < -0.3 is 10.6 Å². The lowest BCUT2D eigenvalue weighted by atomic mass is 9.93. The molecule has 1 saturated heterocycles. The van der Waals surface area contributed by atoms with Gasteiger partial charge >= 0.3 is 0 Å². The van der Waals surface area contributed by atoms with Crippen molar-refractivity contribution in [1.82, 2.24) is 4.90 Å². The minimum absolute atomic E-state index is 0.0972. The fourth-order valence-electron chi connectivity index (χ4n) is 4.24. The van der Waals surface area contributed by atoms with Crippen molar-refractivity contribution in [2.24, 2.45) is 5.73 Å². The Morgan fingerprint density at radius 1 is 0.889 bits per heavy atom. The Hall–Kier alpha value is -3.18. The fraction of sp³-hybridized carbons (Fsp3) is 0.200. The highest BCUT2D eigenvalue weighted by Gasteiger charge is 2.31. The molecule has 1 unspecified atom stereocenters. The van der Waals surface area contributed by atoms with Crippen LogP contribution in [-0.2, 0) is 16.0 Å². The molecule has 1 atom stereocenters. The summed E-state index contributed by atoms with van der Waals surface area (Å²) in [4.78, 5) is 28.6. The zero-order valence-corrected chi connectivity index (χ0v) is 21.8. The monoisotopic (exact) mass is 518 g/mol. The molecule has 3 aromatic carbocycles. The number of amides is 1. The summed E-state index contributed by atoms with van der Waals surface area (Å²) in [5.41, 5.74) is 12.3. The van der Waals surface area contributed by atoms with Gasteiger partial charge in [-0.25, -0.2) is 0 Å². The van der Waals surface area contributed by atoms with Gasteiger partial charge in [-0.15, -0.1) is 0 Å². The van der Waals surface area contributed by atoms with Crippen LogP contribution < -0.4 is 5.73 Å². The molecule has 1 aliphatic heterocycles. The van der Waals surface area contributed by atoms with Gasteiger partial charge in [-0.1, -0.05) is 77.8 Å². The number of likely N-dealkylation sites (tertiary alicyclic amines) is 1. The molecule has 184 valence electrons. The molecular formula is C30H28Cl2N2O2. The van der Waals surface area contributed by atoms with Crippen molar-refractivity contribution < 1.29 is 9.59 Å². The molecule has 1 aliphatic rings. The van der Waals surface area contributed by atoms with Crippen molar-refractivity contribution in [3.8, 4) is 0 Å². The molecule has 6 heteroatoms. The Morgan fingerprint density at radius 2 is 1.50 bits per heavy atom. The SMILES string of the molecule is Cc1ccc(/C=C2\CN(C(=O)C(N)Cc3ccccc3)C/C(=C\c3ccc(Cl)c(Cl)c3)C2=O)cc1C. The number of ketones is 1. The standard InChI is InChI=1S/C30H28Cl2N2O2/c1-19-8-9-22(12-20(19)2)13-24-17-34(30(36)28(33)16-21-6-4-3-5-7-21)18-25(29(24)35)14-23-10-11-26(31)27(32)15-23/h3-15,28H,16-18,33H2,1-2H3/b24-13+,25-14+. The largest absolute Gasteiger partial charge is 0.332 e. The van der Waals surface area contributed by atoms with Crippen LogP contribution in [0.2, 0.25) is 10.0 Å². The number of hydrogen-bond acceptors (Lipinski definition) is 3. The van der Waals surface area contributed by atoms with Crippen LogP contribution in [0.5, 0.6) is 0 Å².